The van der Waals surface area contributed by atoms with E-state index in [4.69, 9.17) is 16.7 Å². The third kappa shape index (κ3) is 4.59. The average molecular weight is 585 g/mol. The van der Waals surface area contributed by atoms with Crippen molar-refractivity contribution in [3.05, 3.63) is 109 Å². The minimum atomic E-state index is -0.168. The molecule has 0 N–H and O–H groups in total. The molecule has 6 heteroatoms. The van der Waals surface area contributed by atoms with Gasteiger partial charge in [0.05, 0.1) is 22.3 Å². The summed E-state index contributed by atoms with van der Waals surface area (Å²) in [5, 5.41) is 7.06. The lowest BCUT2D eigenvalue weighted by Crippen LogP contribution is -2.32. The Kier molecular flexibility index (Phi) is 6.55. The van der Waals surface area contributed by atoms with E-state index in [1.807, 2.05) is 36.4 Å². The monoisotopic (exact) mass is 582 g/mol. The number of hydrogen-bond acceptors (Lipinski definition) is 2. The zero-order chi connectivity index (χ0) is 22.9. The molecular weight excluding hydrogens is 564 g/mol. The molecule has 5 rings (SSSR count). The van der Waals surface area contributed by atoms with Gasteiger partial charge in [-0.15, -0.1) is 0 Å². The Morgan fingerprint density at radius 2 is 1.64 bits per heavy atom. The van der Waals surface area contributed by atoms with E-state index in [9.17, 15) is 4.79 Å². The van der Waals surface area contributed by atoms with Crippen LogP contribution < -0.4 is 0 Å². The van der Waals surface area contributed by atoms with Crippen molar-refractivity contribution in [2.24, 2.45) is 11.0 Å². The SMILES string of the molecule is O=C(c1ccccc1Cl)N1N=C2/C(=C/c3ccc(Br)cc3)CCC[C@H]2[C@@H]1c1ccc(Br)cc1. The Balaban J connectivity index is 1.59. The second-order valence-corrected chi connectivity index (χ2v) is 10.6. The van der Waals surface area contributed by atoms with E-state index in [1.165, 1.54) is 5.57 Å². The number of allylic oxidation sites excluding steroid dienone is 1. The number of amides is 1. The molecule has 1 aliphatic heterocycles. The summed E-state index contributed by atoms with van der Waals surface area (Å²) in [4.78, 5) is 13.7. The highest BCUT2D eigenvalue weighted by atomic mass is 79.9. The second-order valence-electron chi connectivity index (χ2n) is 8.33. The van der Waals surface area contributed by atoms with Crippen LogP contribution in [0.4, 0.5) is 0 Å². The lowest BCUT2D eigenvalue weighted by atomic mass is 9.77. The number of hydrazone groups is 1. The van der Waals surface area contributed by atoms with Gasteiger partial charge in [-0.3, -0.25) is 4.79 Å². The van der Waals surface area contributed by atoms with E-state index < -0.39 is 0 Å². The topological polar surface area (TPSA) is 32.7 Å². The van der Waals surface area contributed by atoms with Crippen molar-refractivity contribution < 1.29 is 4.79 Å². The lowest BCUT2D eigenvalue weighted by molar-refractivity contribution is 0.0681. The van der Waals surface area contributed by atoms with Gasteiger partial charge in [-0.05, 0) is 78.4 Å². The number of benzene rings is 3. The van der Waals surface area contributed by atoms with Crippen LogP contribution in [0.3, 0.4) is 0 Å². The quantitative estimate of drug-likeness (QED) is 0.305. The molecule has 3 nitrogen and oxygen atoms in total. The molecule has 1 aliphatic carbocycles. The summed E-state index contributed by atoms with van der Waals surface area (Å²) < 4.78 is 2.06. The molecule has 1 amide bonds. The molecule has 0 bridgehead atoms. The maximum atomic E-state index is 13.7. The predicted octanol–water partition coefficient (Wildman–Crippen LogP) is 8.30. The Labute approximate surface area is 215 Å². The summed E-state index contributed by atoms with van der Waals surface area (Å²) in [6, 6.07) is 23.5. The average Bonchev–Trinajstić information content (AvgIpc) is 3.22. The number of halogens is 3. The zero-order valence-corrected chi connectivity index (χ0v) is 21.6. The smallest absolute Gasteiger partial charge is 0.267 e. The van der Waals surface area contributed by atoms with Crippen molar-refractivity contribution in [2.75, 3.05) is 0 Å². The van der Waals surface area contributed by atoms with E-state index in [0.717, 1.165) is 45.0 Å². The van der Waals surface area contributed by atoms with E-state index in [-0.39, 0.29) is 17.9 Å². The molecule has 0 saturated heterocycles. The van der Waals surface area contributed by atoms with Crippen LogP contribution in [0.1, 0.15) is 46.8 Å². The minimum Gasteiger partial charge on any atom is -0.267 e. The van der Waals surface area contributed by atoms with E-state index in [0.29, 0.717) is 10.6 Å². The normalized spacial score (nSPS) is 21.1. The Morgan fingerprint density at radius 3 is 2.33 bits per heavy atom. The molecule has 3 aromatic carbocycles. The molecule has 1 fully saturated rings. The summed E-state index contributed by atoms with van der Waals surface area (Å²) in [6.07, 6.45) is 5.21. The van der Waals surface area contributed by atoms with Crippen LogP contribution in [0.25, 0.3) is 6.08 Å². The highest BCUT2D eigenvalue weighted by Crippen LogP contribution is 2.45. The summed E-state index contributed by atoms with van der Waals surface area (Å²) in [6.45, 7) is 0. The Hall–Kier alpha value is -2.21. The molecule has 0 unspecified atom stereocenters. The van der Waals surface area contributed by atoms with Gasteiger partial charge in [-0.2, -0.15) is 5.10 Å². The first kappa shape index (κ1) is 22.6. The molecule has 1 saturated carbocycles. The fourth-order valence-corrected chi connectivity index (χ4v) is 5.42. The first-order valence-electron chi connectivity index (χ1n) is 10.9. The molecule has 0 aromatic heterocycles. The molecule has 1 heterocycles. The molecule has 166 valence electrons. The third-order valence-corrected chi connectivity index (χ3v) is 7.62. The summed E-state index contributed by atoms with van der Waals surface area (Å²) in [5.74, 6) is -0.0218. The van der Waals surface area contributed by atoms with Crippen LogP contribution in [-0.2, 0) is 0 Å². The predicted molar refractivity (Wildman–Crippen MR) is 141 cm³/mol. The van der Waals surface area contributed by atoms with Gasteiger partial charge in [-0.1, -0.05) is 79.9 Å². The van der Waals surface area contributed by atoms with Crippen molar-refractivity contribution in [3.63, 3.8) is 0 Å². The van der Waals surface area contributed by atoms with Gasteiger partial charge in [0.15, 0.2) is 0 Å². The van der Waals surface area contributed by atoms with Gasteiger partial charge >= 0.3 is 0 Å². The fraction of sp³-hybridized carbons (Fsp3) is 0.185. The number of carbonyl (C=O) groups is 1. The minimum absolute atomic E-state index is 0.146. The van der Waals surface area contributed by atoms with E-state index in [2.05, 4.69) is 62.2 Å². The standard InChI is InChI=1S/C27H21Br2ClN2O/c28-20-12-8-17(9-13-20)16-19-4-3-6-23-25(19)31-32(26(23)18-10-14-21(29)15-11-18)27(33)22-5-1-2-7-24(22)30/h1-2,5,7-16,23,26H,3-4,6H2/b19-16+/t23-,26+/m1/s1. The van der Waals surface area contributed by atoms with E-state index >= 15 is 0 Å². The summed E-state index contributed by atoms with van der Waals surface area (Å²) >= 11 is 13.4. The number of carbonyl (C=O) groups excluding carboxylic acids is 1. The van der Waals surface area contributed by atoms with Crippen LogP contribution in [0.15, 0.2) is 92.4 Å². The van der Waals surface area contributed by atoms with Crippen molar-refractivity contribution in [1.82, 2.24) is 5.01 Å². The van der Waals surface area contributed by atoms with Crippen LogP contribution in [-0.4, -0.2) is 16.6 Å². The summed E-state index contributed by atoms with van der Waals surface area (Å²) in [5.41, 5.74) is 4.89. The van der Waals surface area contributed by atoms with Crippen LogP contribution in [0.5, 0.6) is 0 Å². The largest absolute Gasteiger partial charge is 0.276 e. The van der Waals surface area contributed by atoms with Crippen molar-refractivity contribution in [1.29, 1.82) is 0 Å². The maximum absolute atomic E-state index is 13.7. The molecule has 2 atom stereocenters. The van der Waals surface area contributed by atoms with Crippen molar-refractivity contribution in [2.45, 2.75) is 25.3 Å². The van der Waals surface area contributed by atoms with Crippen LogP contribution in [0.2, 0.25) is 5.02 Å². The molecule has 0 radical (unpaired) electrons. The van der Waals surface area contributed by atoms with Gasteiger partial charge in [-0.25, -0.2) is 5.01 Å². The van der Waals surface area contributed by atoms with Crippen LogP contribution in [0, 0.1) is 5.92 Å². The second kappa shape index (κ2) is 9.57. The van der Waals surface area contributed by atoms with Crippen molar-refractivity contribution >= 4 is 61.2 Å². The highest BCUT2D eigenvalue weighted by Gasteiger charge is 2.44. The van der Waals surface area contributed by atoms with Gasteiger partial charge in [0.25, 0.3) is 5.91 Å². The zero-order valence-electron chi connectivity index (χ0n) is 17.7. The maximum Gasteiger partial charge on any atom is 0.276 e. The number of rotatable bonds is 3. The first-order chi connectivity index (χ1) is 16.0. The molecule has 0 spiro atoms. The molecule has 33 heavy (non-hydrogen) atoms. The van der Waals surface area contributed by atoms with Gasteiger partial charge in [0, 0.05) is 14.9 Å². The van der Waals surface area contributed by atoms with Gasteiger partial charge in [0.2, 0.25) is 0 Å². The molecule has 3 aromatic rings. The first-order valence-corrected chi connectivity index (χ1v) is 12.9. The molecular formula is C27H21Br2ClN2O. The Bertz CT molecular complexity index is 1250. The number of hydrogen-bond donors (Lipinski definition) is 0. The van der Waals surface area contributed by atoms with Gasteiger partial charge in [0.1, 0.15) is 0 Å². The van der Waals surface area contributed by atoms with Crippen molar-refractivity contribution in [3.8, 4) is 0 Å². The van der Waals surface area contributed by atoms with Crippen LogP contribution >= 0.6 is 43.5 Å². The third-order valence-electron chi connectivity index (χ3n) is 6.24. The fourth-order valence-electron chi connectivity index (χ4n) is 4.68. The van der Waals surface area contributed by atoms with Gasteiger partial charge < -0.3 is 0 Å². The number of fused-ring (bicyclic) bond motifs is 1. The molecule has 2 aliphatic rings. The lowest BCUT2D eigenvalue weighted by Gasteiger charge is -2.30. The highest BCUT2D eigenvalue weighted by molar-refractivity contribution is 9.10. The summed E-state index contributed by atoms with van der Waals surface area (Å²) in [7, 11) is 0. The van der Waals surface area contributed by atoms with E-state index in [1.54, 1.807) is 17.1 Å². The Morgan fingerprint density at radius 1 is 0.970 bits per heavy atom. The number of nitrogens with zero attached hydrogens (tertiary/aromatic N) is 2.